The Kier molecular flexibility index (Phi) is 3.98. The molecule has 0 saturated carbocycles. The van der Waals surface area contributed by atoms with E-state index < -0.39 is 5.41 Å². The normalized spacial score (nSPS) is 11.2. The average molecular weight is 257 g/mol. The number of rotatable bonds is 4. The Morgan fingerprint density at radius 2 is 2.31 bits per heavy atom. The Morgan fingerprint density at radius 3 is 2.75 bits per heavy atom. The largest absolute Gasteiger partial charge is 0.392 e. The second-order valence-electron chi connectivity index (χ2n) is 4.04. The molecule has 1 amide bonds. The maximum Gasteiger partial charge on any atom is 0.232 e. The minimum Gasteiger partial charge on any atom is -0.392 e. The molecular weight excluding hydrogens is 242 g/mol. The lowest BCUT2D eigenvalue weighted by molar-refractivity contribution is -0.126. The first-order chi connectivity index (χ1) is 7.34. The highest BCUT2D eigenvalue weighted by Gasteiger charge is 2.30. The lowest BCUT2D eigenvalue weighted by Gasteiger charge is -2.21. The van der Waals surface area contributed by atoms with E-state index in [1.54, 1.807) is 31.4 Å². The molecule has 4 nitrogen and oxygen atoms in total. The highest BCUT2D eigenvalue weighted by atomic mass is 32.1. The zero-order valence-corrected chi connectivity index (χ0v) is 11.2. The van der Waals surface area contributed by atoms with Crippen molar-refractivity contribution in [1.29, 1.82) is 0 Å². The number of carbonyl (C=O) groups excluding carboxylic acids is 1. The topological polar surface area (TPSA) is 68.0 Å². The predicted octanol–water partition coefficient (Wildman–Crippen LogP) is 1.38. The minimum atomic E-state index is -0.818. The smallest absolute Gasteiger partial charge is 0.232 e. The van der Waals surface area contributed by atoms with Gasteiger partial charge in [-0.25, -0.2) is 4.98 Å². The quantitative estimate of drug-likeness (QED) is 0.800. The number of amides is 1. The first-order valence-electron chi connectivity index (χ1n) is 4.83. The van der Waals surface area contributed by atoms with Crippen LogP contribution in [-0.2, 0) is 11.3 Å². The first-order valence-corrected chi connectivity index (χ1v) is 6.06. The second kappa shape index (κ2) is 4.88. The Bertz CT molecular complexity index is 412. The minimum absolute atomic E-state index is 0.173. The fraction of sp³-hybridized carbons (Fsp3) is 0.500. The van der Waals surface area contributed by atoms with Crippen molar-refractivity contribution in [1.82, 2.24) is 10.3 Å². The average Bonchev–Trinajstić information content (AvgIpc) is 2.60. The summed E-state index contributed by atoms with van der Waals surface area (Å²) < 4.78 is 0. The summed E-state index contributed by atoms with van der Waals surface area (Å²) in [5, 5.41) is 3.65. The van der Waals surface area contributed by atoms with Gasteiger partial charge >= 0.3 is 0 Å². The molecule has 0 unspecified atom stereocenters. The number of nitrogens with zero attached hydrogens (tertiary/aromatic N) is 1. The highest BCUT2D eigenvalue weighted by Crippen LogP contribution is 2.16. The molecule has 16 heavy (non-hydrogen) atoms. The molecule has 0 aromatic carbocycles. The number of hydrogen-bond donors (Lipinski definition) is 2. The molecule has 88 valence electrons. The molecule has 0 aliphatic heterocycles. The van der Waals surface area contributed by atoms with E-state index in [1.165, 1.54) is 0 Å². The van der Waals surface area contributed by atoms with E-state index in [2.05, 4.69) is 10.3 Å². The molecule has 0 bridgehead atoms. The molecular formula is C10H15N3OS2. The summed E-state index contributed by atoms with van der Waals surface area (Å²) in [6.07, 6.45) is 1.78. The van der Waals surface area contributed by atoms with E-state index in [0.29, 0.717) is 6.54 Å². The number of aryl methyl sites for hydroxylation is 1. The monoisotopic (exact) mass is 257 g/mol. The summed E-state index contributed by atoms with van der Waals surface area (Å²) in [6, 6.07) is 0. The number of thiocarbonyl (C=S) groups is 1. The van der Waals surface area contributed by atoms with Crippen LogP contribution in [0, 0.1) is 12.3 Å². The van der Waals surface area contributed by atoms with Crippen molar-refractivity contribution in [2.75, 3.05) is 0 Å². The molecule has 0 radical (unpaired) electrons. The van der Waals surface area contributed by atoms with Crippen LogP contribution in [0.1, 0.15) is 23.7 Å². The summed E-state index contributed by atoms with van der Waals surface area (Å²) in [5.74, 6) is -0.173. The van der Waals surface area contributed by atoms with Crippen molar-refractivity contribution < 1.29 is 4.79 Å². The molecule has 0 aliphatic carbocycles. The molecule has 3 N–H and O–H groups in total. The number of nitrogens with one attached hydrogen (secondary N) is 1. The third-order valence-electron chi connectivity index (χ3n) is 2.25. The molecule has 0 saturated heterocycles. The van der Waals surface area contributed by atoms with E-state index in [4.69, 9.17) is 18.0 Å². The van der Waals surface area contributed by atoms with Crippen molar-refractivity contribution in [2.45, 2.75) is 27.3 Å². The van der Waals surface area contributed by atoms with Crippen LogP contribution in [0.3, 0.4) is 0 Å². The van der Waals surface area contributed by atoms with E-state index in [-0.39, 0.29) is 10.9 Å². The Balaban J connectivity index is 2.56. The van der Waals surface area contributed by atoms with E-state index in [0.717, 1.165) is 9.88 Å². The van der Waals surface area contributed by atoms with Gasteiger partial charge in [0.25, 0.3) is 0 Å². The molecule has 0 atom stereocenters. The Hall–Kier alpha value is -1.01. The van der Waals surface area contributed by atoms with Gasteiger partial charge in [0.15, 0.2) is 0 Å². The van der Waals surface area contributed by atoms with Gasteiger partial charge in [0, 0.05) is 11.1 Å². The Morgan fingerprint density at radius 1 is 1.69 bits per heavy atom. The summed E-state index contributed by atoms with van der Waals surface area (Å²) >= 11 is 6.41. The zero-order chi connectivity index (χ0) is 12.3. The molecule has 0 aliphatic rings. The van der Waals surface area contributed by atoms with Crippen LogP contribution in [0.15, 0.2) is 6.20 Å². The van der Waals surface area contributed by atoms with Gasteiger partial charge < -0.3 is 11.1 Å². The fourth-order valence-electron chi connectivity index (χ4n) is 0.972. The van der Waals surface area contributed by atoms with Crippen LogP contribution in [0.2, 0.25) is 0 Å². The number of hydrogen-bond acceptors (Lipinski definition) is 4. The van der Waals surface area contributed by atoms with Gasteiger partial charge in [0.2, 0.25) is 5.91 Å². The van der Waals surface area contributed by atoms with Crippen LogP contribution in [0.4, 0.5) is 0 Å². The van der Waals surface area contributed by atoms with Gasteiger partial charge in [0.05, 0.1) is 16.9 Å². The van der Waals surface area contributed by atoms with E-state index in [9.17, 15) is 4.79 Å². The molecule has 1 aromatic rings. The lowest BCUT2D eigenvalue weighted by atomic mass is 9.92. The SMILES string of the molecule is Cc1cnc(CNC(=O)C(C)(C)C(N)=S)s1. The van der Waals surface area contributed by atoms with Crippen molar-refractivity contribution in [3.63, 3.8) is 0 Å². The van der Waals surface area contributed by atoms with Gasteiger partial charge in [-0.15, -0.1) is 11.3 Å². The number of carbonyl (C=O) groups is 1. The lowest BCUT2D eigenvalue weighted by Crippen LogP contribution is -2.44. The van der Waals surface area contributed by atoms with Crippen molar-refractivity contribution in [3.8, 4) is 0 Å². The third kappa shape index (κ3) is 2.99. The van der Waals surface area contributed by atoms with Gasteiger partial charge in [-0.05, 0) is 20.8 Å². The van der Waals surface area contributed by atoms with Gasteiger partial charge in [-0.2, -0.15) is 0 Å². The highest BCUT2D eigenvalue weighted by molar-refractivity contribution is 7.80. The van der Waals surface area contributed by atoms with Gasteiger partial charge in [0.1, 0.15) is 5.01 Å². The van der Waals surface area contributed by atoms with Crippen LogP contribution >= 0.6 is 23.6 Å². The van der Waals surface area contributed by atoms with Gasteiger partial charge in [-0.3, -0.25) is 4.79 Å². The number of thiazole rings is 1. The van der Waals surface area contributed by atoms with Crippen LogP contribution in [0.5, 0.6) is 0 Å². The maximum atomic E-state index is 11.8. The number of nitrogens with two attached hydrogens (primary N) is 1. The predicted molar refractivity (Wildman–Crippen MR) is 69.3 cm³/mol. The molecule has 0 spiro atoms. The van der Waals surface area contributed by atoms with E-state index in [1.807, 2.05) is 6.92 Å². The Labute approximate surface area is 104 Å². The molecule has 1 aromatic heterocycles. The summed E-state index contributed by atoms with van der Waals surface area (Å²) in [7, 11) is 0. The molecule has 0 fully saturated rings. The first kappa shape index (κ1) is 13.1. The standard InChI is InChI=1S/C10H15N3OS2/c1-6-4-12-7(16-6)5-13-9(14)10(2,3)8(11)15/h4H,5H2,1-3H3,(H2,11,15)(H,13,14). The van der Waals surface area contributed by atoms with Crippen LogP contribution in [-0.4, -0.2) is 15.9 Å². The molecule has 1 heterocycles. The summed E-state index contributed by atoms with van der Waals surface area (Å²) in [6.45, 7) is 5.81. The summed E-state index contributed by atoms with van der Waals surface area (Å²) in [4.78, 5) is 17.3. The van der Waals surface area contributed by atoms with Crippen molar-refractivity contribution >= 4 is 34.5 Å². The van der Waals surface area contributed by atoms with Crippen LogP contribution < -0.4 is 11.1 Å². The summed E-state index contributed by atoms with van der Waals surface area (Å²) in [5.41, 5.74) is 4.68. The zero-order valence-electron chi connectivity index (χ0n) is 9.53. The number of aromatic nitrogens is 1. The maximum absolute atomic E-state index is 11.8. The second-order valence-corrected chi connectivity index (χ2v) is 5.80. The van der Waals surface area contributed by atoms with Crippen molar-refractivity contribution in [2.24, 2.45) is 11.1 Å². The fourth-order valence-corrected chi connectivity index (χ4v) is 1.79. The van der Waals surface area contributed by atoms with Crippen LogP contribution in [0.25, 0.3) is 0 Å². The van der Waals surface area contributed by atoms with E-state index >= 15 is 0 Å². The molecule has 1 rings (SSSR count). The van der Waals surface area contributed by atoms with Crippen molar-refractivity contribution in [3.05, 3.63) is 16.1 Å². The van der Waals surface area contributed by atoms with Gasteiger partial charge in [-0.1, -0.05) is 12.2 Å². The molecule has 6 heteroatoms. The third-order valence-corrected chi connectivity index (χ3v) is 3.68.